The zero-order chi connectivity index (χ0) is 17.1. The molecule has 1 amide bonds. The Bertz CT molecular complexity index is 647. The van der Waals surface area contributed by atoms with Crippen LogP contribution in [-0.4, -0.2) is 42.6 Å². The lowest BCUT2D eigenvalue weighted by molar-refractivity contribution is -0.137. The third kappa shape index (κ3) is 4.53. The van der Waals surface area contributed by atoms with Gasteiger partial charge in [0.25, 0.3) is 0 Å². The van der Waals surface area contributed by atoms with E-state index in [0.29, 0.717) is 0 Å². The maximum atomic E-state index is 12.2. The average molecular weight is 333 g/mol. The molecule has 10 heteroatoms. The molecular formula is C12H19N3O6S. The van der Waals surface area contributed by atoms with Crippen molar-refractivity contribution in [3.63, 3.8) is 0 Å². The minimum Gasteiger partial charge on any atom is -0.481 e. The number of hydrogen-bond acceptors (Lipinski definition) is 6. The van der Waals surface area contributed by atoms with Gasteiger partial charge in [0.15, 0.2) is 5.76 Å². The molecule has 0 aromatic carbocycles. The molecule has 1 rings (SSSR count). The summed E-state index contributed by atoms with van der Waals surface area (Å²) in [6.07, 6.45) is -0.255. The van der Waals surface area contributed by atoms with Crippen LogP contribution in [0.2, 0.25) is 0 Å². The molecule has 0 saturated heterocycles. The quantitative estimate of drug-likeness (QED) is 0.635. The minimum absolute atomic E-state index is 0.106. The smallest absolute Gasteiger partial charge is 0.305 e. The van der Waals surface area contributed by atoms with E-state index in [1.807, 2.05) is 0 Å². The van der Waals surface area contributed by atoms with E-state index in [4.69, 9.17) is 9.63 Å². The van der Waals surface area contributed by atoms with Crippen LogP contribution in [0.4, 0.5) is 0 Å². The Hall–Kier alpha value is -1.94. The fourth-order valence-electron chi connectivity index (χ4n) is 1.88. The van der Waals surface area contributed by atoms with Crippen LogP contribution in [0.3, 0.4) is 0 Å². The van der Waals surface area contributed by atoms with Crippen LogP contribution in [0.25, 0.3) is 0 Å². The number of carbonyl (C=O) groups excluding carboxylic acids is 1. The summed E-state index contributed by atoms with van der Waals surface area (Å²) in [5.41, 5.74) is 0.192. The number of aliphatic carboxylic acids is 1. The Kier molecular flexibility index (Phi) is 5.66. The molecule has 0 spiro atoms. The van der Waals surface area contributed by atoms with Crippen molar-refractivity contribution in [3.05, 3.63) is 11.5 Å². The average Bonchev–Trinajstić information content (AvgIpc) is 2.67. The number of hydrogen-bond donors (Lipinski definition) is 3. The molecule has 1 heterocycles. The molecule has 0 bridgehead atoms. The number of aryl methyl sites for hydroxylation is 2. The minimum atomic E-state index is -3.96. The summed E-state index contributed by atoms with van der Waals surface area (Å²) < 4.78 is 31.5. The number of sulfonamides is 1. The van der Waals surface area contributed by atoms with E-state index >= 15 is 0 Å². The van der Waals surface area contributed by atoms with Crippen LogP contribution in [-0.2, 0) is 19.6 Å². The van der Waals surface area contributed by atoms with Crippen molar-refractivity contribution in [3.8, 4) is 0 Å². The summed E-state index contributed by atoms with van der Waals surface area (Å²) in [5, 5.41) is 14.6. The predicted molar refractivity (Wildman–Crippen MR) is 75.6 cm³/mol. The second-order valence-corrected chi connectivity index (χ2v) is 6.65. The maximum absolute atomic E-state index is 12.2. The first kappa shape index (κ1) is 18.1. The Morgan fingerprint density at radius 1 is 1.32 bits per heavy atom. The largest absolute Gasteiger partial charge is 0.481 e. The lowest BCUT2D eigenvalue weighted by Gasteiger charge is -2.17. The fourth-order valence-corrected chi connectivity index (χ4v) is 3.42. The molecule has 2 unspecified atom stereocenters. The number of nitrogens with one attached hydrogen (secondary N) is 2. The SMILES string of the molecule is Cc1noc(C)c1S(=O)(=O)NC(C)C(=O)NC(C)CC(=O)O. The van der Waals surface area contributed by atoms with Crippen molar-refractivity contribution >= 4 is 21.9 Å². The van der Waals surface area contributed by atoms with Gasteiger partial charge >= 0.3 is 5.97 Å². The molecule has 124 valence electrons. The van der Waals surface area contributed by atoms with Gasteiger partial charge in [0.1, 0.15) is 10.6 Å². The second kappa shape index (κ2) is 6.88. The Balaban J connectivity index is 2.77. The zero-order valence-electron chi connectivity index (χ0n) is 12.7. The van der Waals surface area contributed by atoms with Gasteiger partial charge in [0, 0.05) is 6.04 Å². The molecule has 0 saturated carbocycles. The summed E-state index contributed by atoms with van der Waals surface area (Å²) in [4.78, 5) is 22.3. The molecule has 0 fully saturated rings. The molecule has 2 atom stereocenters. The highest BCUT2D eigenvalue weighted by Crippen LogP contribution is 2.18. The lowest BCUT2D eigenvalue weighted by atomic mass is 10.2. The van der Waals surface area contributed by atoms with Gasteiger partial charge in [0.05, 0.1) is 12.5 Å². The Morgan fingerprint density at radius 3 is 2.36 bits per heavy atom. The van der Waals surface area contributed by atoms with E-state index in [9.17, 15) is 18.0 Å². The molecule has 22 heavy (non-hydrogen) atoms. The number of rotatable bonds is 7. The van der Waals surface area contributed by atoms with Crippen molar-refractivity contribution < 1.29 is 27.6 Å². The molecular weight excluding hydrogens is 314 g/mol. The van der Waals surface area contributed by atoms with Crippen molar-refractivity contribution in [2.24, 2.45) is 0 Å². The molecule has 0 aliphatic carbocycles. The molecule has 3 N–H and O–H groups in total. The highest BCUT2D eigenvalue weighted by molar-refractivity contribution is 7.89. The number of aromatic nitrogens is 1. The van der Waals surface area contributed by atoms with Crippen molar-refractivity contribution in [2.45, 2.75) is 51.1 Å². The van der Waals surface area contributed by atoms with Crippen LogP contribution in [0, 0.1) is 13.8 Å². The molecule has 0 radical (unpaired) electrons. The highest BCUT2D eigenvalue weighted by Gasteiger charge is 2.28. The summed E-state index contributed by atoms with van der Waals surface area (Å²) >= 11 is 0. The van der Waals surface area contributed by atoms with E-state index in [1.165, 1.54) is 27.7 Å². The van der Waals surface area contributed by atoms with Crippen LogP contribution in [0.1, 0.15) is 31.7 Å². The van der Waals surface area contributed by atoms with Crippen LogP contribution in [0.15, 0.2) is 9.42 Å². The molecule has 1 aromatic rings. The standard InChI is InChI=1S/C12H19N3O6S/c1-6(5-10(16)17)13-12(18)8(3)15-22(19,20)11-7(2)14-21-9(11)4/h6,8,15H,5H2,1-4H3,(H,13,18)(H,16,17). The maximum Gasteiger partial charge on any atom is 0.305 e. The van der Waals surface area contributed by atoms with Gasteiger partial charge in [-0.2, -0.15) is 4.72 Å². The zero-order valence-corrected chi connectivity index (χ0v) is 13.5. The van der Waals surface area contributed by atoms with E-state index in [2.05, 4.69) is 15.2 Å². The predicted octanol–water partition coefficient (Wildman–Crippen LogP) is -0.0624. The Morgan fingerprint density at radius 2 is 1.91 bits per heavy atom. The second-order valence-electron chi connectivity index (χ2n) is 5.00. The van der Waals surface area contributed by atoms with Gasteiger partial charge in [-0.1, -0.05) is 5.16 Å². The third-order valence-corrected chi connectivity index (χ3v) is 4.62. The summed E-state index contributed by atoms with van der Waals surface area (Å²) in [7, 11) is -3.96. The summed E-state index contributed by atoms with van der Waals surface area (Å²) in [5.74, 6) is -1.56. The van der Waals surface area contributed by atoms with Crippen LogP contribution < -0.4 is 10.0 Å². The van der Waals surface area contributed by atoms with Crippen LogP contribution in [0.5, 0.6) is 0 Å². The number of carbonyl (C=O) groups is 2. The molecule has 0 aliphatic rings. The summed E-state index contributed by atoms with van der Waals surface area (Å²) in [6.45, 7) is 5.80. The monoisotopic (exact) mass is 333 g/mol. The number of amides is 1. The van der Waals surface area contributed by atoms with Crippen molar-refractivity contribution in [2.75, 3.05) is 0 Å². The van der Waals surface area contributed by atoms with Gasteiger partial charge in [-0.15, -0.1) is 0 Å². The van der Waals surface area contributed by atoms with Crippen molar-refractivity contribution in [1.82, 2.24) is 15.2 Å². The third-order valence-electron chi connectivity index (χ3n) is 2.83. The van der Waals surface area contributed by atoms with Gasteiger partial charge < -0.3 is 14.9 Å². The first-order valence-corrected chi connectivity index (χ1v) is 8.00. The van der Waals surface area contributed by atoms with Crippen LogP contribution >= 0.6 is 0 Å². The van der Waals surface area contributed by atoms with Crippen molar-refractivity contribution in [1.29, 1.82) is 0 Å². The first-order chi connectivity index (χ1) is 10.0. The fraction of sp³-hybridized carbons (Fsp3) is 0.583. The van der Waals surface area contributed by atoms with E-state index in [-0.39, 0.29) is 22.8 Å². The Labute approximate surface area is 128 Å². The highest BCUT2D eigenvalue weighted by atomic mass is 32.2. The topological polar surface area (TPSA) is 139 Å². The van der Waals surface area contributed by atoms with Gasteiger partial charge in [-0.25, -0.2) is 8.42 Å². The van der Waals surface area contributed by atoms with Gasteiger partial charge in [-0.3, -0.25) is 9.59 Å². The number of nitrogens with zero attached hydrogens (tertiary/aromatic N) is 1. The van der Waals surface area contributed by atoms with E-state index < -0.39 is 34.0 Å². The number of carboxylic acids is 1. The summed E-state index contributed by atoms with van der Waals surface area (Å²) in [6, 6.07) is -1.69. The molecule has 9 nitrogen and oxygen atoms in total. The lowest BCUT2D eigenvalue weighted by Crippen LogP contribution is -2.47. The van der Waals surface area contributed by atoms with Gasteiger partial charge in [-0.05, 0) is 27.7 Å². The number of carboxylic acid groups (broad SMARTS) is 1. The van der Waals surface area contributed by atoms with E-state index in [0.717, 1.165) is 0 Å². The normalized spacial score (nSPS) is 14.4. The molecule has 0 aliphatic heterocycles. The van der Waals surface area contributed by atoms with E-state index in [1.54, 1.807) is 0 Å². The first-order valence-electron chi connectivity index (χ1n) is 6.52. The van der Waals surface area contributed by atoms with Gasteiger partial charge in [0.2, 0.25) is 15.9 Å². The molecule has 1 aromatic heterocycles.